The molecule has 1 unspecified atom stereocenters. The summed E-state index contributed by atoms with van der Waals surface area (Å²) in [5.41, 5.74) is 5.75. The largest absolute Gasteiger partial charge is 0.491 e. The van der Waals surface area contributed by atoms with Crippen LogP contribution in [-0.2, 0) is 14.8 Å². The minimum Gasteiger partial charge on any atom is -0.491 e. The highest BCUT2D eigenvalue weighted by atomic mass is 32.2. The number of benzene rings is 1. The first-order valence-electron chi connectivity index (χ1n) is 6.51. The first kappa shape index (κ1) is 15.2. The molecule has 0 bridgehead atoms. The van der Waals surface area contributed by atoms with E-state index in [4.69, 9.17) is 15.2 Å². The van der Waals surface area contributed by atoms with Gasteiger partial charge in [-0.25, -0.2) is 8.42 Å². The molecule has 20 heavy (non-hydrogen) atoms. The van der Waals surface area contributed by atoms with Gasteiger partial charge in [-0.15, -0.1) is 0 Å². The Kier molecular flexibility index (Phi) is 4.98. The fourth-order valence-corrected chi connectivity index (χ4v) is 3.58. The molecule has 1 aliphatic rings. The van der Waals surface area contributed by atoms with Crippen LogP contribution in [0.2, 0.25) is 0 Å². The van der Waals surface area contributed by atoms with E-state index in [0.717, 1.165) is 0 Å². The molecule has 1 heterocycles. The zero-order valence-corrected chi connectivity index (χ0v) is 12.3. The highest BCUT2D eigenvalue weighted by molar-refractivity contribution is 7.89. The van der Waals surface area contributed by atoms with E-state index in [1.165, 1.54) is 4.31 Å². The smallest absolute Gasteiger partial charge is 0.243 e. The fraction of sp³-hybridized carbons (Fsp3) is 0.538. The van der Waals surface area contributed by atoms with Gasteiger partial charge in [0.2, 0.25) is 10.0 Å². The molecule has 0 aromatic heterocycles. The zero-order chi connectivity index (χ0) is 14.6. The van der Waals surface area contributed by atoms with Crippen LogP contribution in [0.25, 0.3) is 0 Å². The Hall–Kier alpha value is -1.15. The van der Waals surface area contributed by atoms with Crippen LogP contribution in [0.1, 0.15) is 6.42 Å². The number of hydrogen-bond donors (Lipinski definition) is 1. The second-order valence-corrected chi connectivity index (χ2v) is 6.66. The summed E-state index contributed by atoms with van der Waals surface area (Å²) in [7, 11) is -1.84. The molecular weight excluding hydrogens is 280 g/mol. The number of nitrogens with zero attached hydrogens (tertiary/aromatic N) is 1. The monoisotopic (exact) mass is 300 g/mol. The Morgan fingerprint density at radius 2 is 2.00 bits per heavy atom. The van der Waals surface area contributed by atoms with E-state index >= 15 is 0 Å². The lowest BCUT2D eigenvalue weighted by Gasteiger charge is -2.16. The summed E-state index contributed by atoms with van der Waals surface area (Å²) in [6.07, 6.45) is 0.706. The zero-order valence-electron chi connectivity index (χ0n) is 11.5. The quantitative estimate of drug-likeness (QED) is 0.771. The van der Waals surface area contributed by atoms with Crippen molar-refractivity contribution in [3.8, 4) is 5.75 Å². The molecule has 7 heteroatoms. The van der Waals surface area contributed by atoms with E-state index in [1.54, 1.807) is 31.4 Å². The third-order valence-electron chi connectivity index (χ3n) is 3.21. The van der Waals surface area contributed by atoms with Gasteiger partial charge in [-0.1, -0.05) is 0 Å². The van der Waals surface area contributed by atoms with E-state index < -0.39 is 10.0 Å². The predicted octanol–water partition coefficient (Wildman–Crippen LogP) is 0.434. The molecule has 2 N–H and O–H groups in total. The summed E-state index contributed by atoms with van der Waals surface area (Å²) in [5, 5.41) is 0. The molecule has 112 valence electrons. The van der Waals surface area contributed by atoms with Gasteiger partial charge in [-0.05, 0) is 30.7 Å². The maximum Gasteiger partial charge on any atom is 0.243 e. The Labute approximate surface area is 119 Å². The molecular formula is C13H20N2O4S. The molecule has 0 amide bonds. The molecule has 0 radical (unpaired) electrons. The fourth-order valence-electron chi connectivity index (χ4n) is 2.07. The van der Waals surface area contributed by atoms with Crippen molar-refractivity contribution in [3.63, 3.8) is 0 Å². The number of hydrogen-bond acceptors (Lipinski definition) is 5. The van der Waals surface area contributed by atoms with Gasteiger partial charge in [0, 0.05) is 26.2 Å². The summed E-state index contributed by atoms with van der Waals surface area (Å²) in [6.45, 7) is 1.79. The third kappa shape index (κ3) is 3.49. The molecule has 1 aliphatic heterocycles. The van der Waals surface area contributed by atoms with Crippen LogP contribution >= 0.6 is 0 Å². The summed E-state index contributed by atoms with van der Waals surface area (Å²) in [5.74, 6) is 0.624. The molecule has 0 spiro atoms. The molecule has 1 aromatic rings. The van der Waals surface area contributed by atoms with E-state index in [9.17, 15) is 8.42 Å². The lowest BCUT2D eigenvalue weighted by Crippen LogP contribution is -2.31. The van der Waals surface area contributed by atoms with Crippen molar-refractivity contribution in [2.24, 2.45) is 5.73 Å². The van der Waals surface area contributed by atoms with Crippen molar-refractivity contribution in [3.05, 3.63) is 24.3 Å². The average Bonchev–Trinajstić information content (AvgIpc) is 2.87. The van der Waals surface area contributed by atoms with Gasteiger partial charge < -0.3 is 15.2 Å². The van der Waals surface area contributed by atoms with Crippen LogP contribution in [0.4, 0.5) is 0 Å². The van der Waals surface area contributed by atoms with Crippen molar-refractivity contribution in [1.29, 1.82) is 0 Å². The van der Waals surface area contributed by atoms with E-state index in [1.807, 2.05) is 0 Å². The Morgan fingerprint density at radius 3 is 2.55 bits per heavy atom. The summed E-state index contributed by atoms with van der Waals surface area (Å²) < 4.78 is 36.4. The van der Waals surface area contributed by atoms with E-state index in [2.05, 4.69) is 0 Å². The van der Waals surface area contributed by atoms with Gasteiger partial charge in [0.1, 0.15) is 12.4 Å². The van der Waals surface area contributed by atoms with Crippen LogP contribution in [-0.4, -0.2) is 52.2 Å². The summed E-state index contributed by atoms with van der Waals surface area (Å²) >= 11 is 0. The maximum atomic E-state index is 12.4. The second-order valence-electron chi connectivity index (χ2n) is 4.72. The van der Waals surface area contributed by atoms with Crippen LogP contribution in [0.5, 0.6) is 5.75 Å². The lowest BCUT2D eigenvalue weighted by atomic mass is 10.3. The number of rotatable bonds is 6. The number of nitrogens with two attached hydrogens (primary N) is 1. The van der Waals surface area contributed by atoms with E-state index in [0.29, 0.717) is 38.5 Å². The van der Waals surface area contributed by atoms with Crippen LogP contribution < -0.4 is 10.5 Å². The molecule has 2 rings (SSSR count). The van der Waals surface area contributed by atoms with Gasteiger partial charge >= 0.3 is 0 Å². The number of sulfonamides is 1. The topological polar surface area (TPSA) is 81.9 Å². The molecule has 1 aromatic carbocycles. The van der Waals surface area contributed by atoms with Crippen molar-refractivity contribution in [1.82, 2.24) is 4.31 Å². The number of ether oxygens (including phenoxy) is 2. The maximum absolute atomic E-state index is 12.4. The van der Waals surface area contributed by atoms with Gasteiger partial charge in [-0.3, -0.25) is 0 Å². The van der Waals surface area contributed by atoms with Gasteiger partial charge in [0.05, 0.1) is 11.5 Å². The van der Waals surface area contributed by atoms with Crippen molar-refractivity contribution in [2.45, 2.75) is 17.4 Å². The molecule has 0 aliphatic carbocycles. The van der Waals surface area contributed by atoms with Gasteiger partial charge in [0.15, 0.2) is 0 Å². The van der Waals surface area contributed by atoms with Gasteiger partial charge in [-0.2, -0.15) is 4.31 Å². The van der Waals surface area contributed by atoms with Crippen LogP contribution in [0.3, 0.4) is 0 Å². The number of methoxy groups -OCH3 is 1. The van der Waals surface area contributed by atoms with Gasteiger partial charge in [0.25, 0.3) is 0 Å². The molecule has 1 atom stereocenters. The second kappa shape index (κ2) is 6.53. The van der Waals surface area contributed by atoms with Crippen LogP contribution in [0.15, 0.2) is 29.2 Å². The highest BCUT2D eigenvalue weighted by Crippen LogP contribution is 2.22. The highest BCUT2D eigenvalue weighted by Gasteiger charge is 2.30. The minimum absolute atomic E-state index is 0.0681. The van der Waals surface area contributed by atoms with Crippen molar-refractivity contribution < 1.29 is 17.9 Å². The lowest BCUT2D eigenvalue weighted by molar-refractivity contribution is 0.146. The Balaban J connectivity index is 2.05. The first-order valence-corrected chi connectivity index (χ1v) is 7.95. The Bertz CT molecular complexity index is 530. The predicted molar refractivity (Wildman–Crippen MR) is 75.2 cm³/mol. The SMILES string of the molecule is COCCOc1ccc(S(=O)(=O)N2CCC(N)C2)cc1. The molecule has 1 fully saturated rings. The average molecular weight is 300 g/mol. The van der Waals surface area contributed by atoms with Crippen molar-refractivity contribution >= 4 is 10.0 Å². The molecule has 6 nitrogen and oxygen atoms in total. The standard InChI is InChI=1S/C13H20N2O4S/c1-18-8-9-19-12-2-4-13(5-3-12)20(16,17)15-7-6-11(14)10-15/h2-5,11H,6-10,14H2,1H3. The Morgan fingerprint density at radius 1 is 1.30 bits per heavy atom. The summed E-state index contributed by atoms with van der Waals surface area (Å²) in [4.78, 5) is 0.269. The first-order chi connectivity index (χ1) is 9.54. The van der Waals surface area contributed by atoms with E-state index in [-0.39, 0.29) is 10.9 Å². The van der Waals surface area contributed by atoms with Crippen LogP contribution in [0, 0.1) is 0 Å². The minimum atomic E-state index is -3.44. The summed E-state index contributed by atoms with van der Waals surface area (Å²) in [6, 6.07) is 6.35. The third-order valence-corrected chi connectivity index (χ3v) is 5.08. The normalized spacial score (nSPS) is 20.2. The molecule has 0 saturated carbocycles. The van der Waals surface area contributed by atoms with Crippen molar-refractivity contribution in [2.75, 3.05) is 33.4 Å². The molecule has 1 saturated heterocycles.